The Balaban J connectivity index is 3.91. The van der Waals surface area contributed by atoms with Crippen LogP contribution in [0.5, 0.6) is 0 Å². The minimum Gasteiger partial charge on any atom is -0.462 e. The van der Waals surface area contributed by atoms with Crippen LogP contribution in [0.4, 0.5) is 0 Å². The number of ether oxygens (including phenoxy) is 2. The third-order valence-electron chi connectivity index (χ3n) is 8.53. The van der Waals surface area contributed by atoms with Gasteiger partial charge in [-0.25, -0.2) is 4.57 Å². The Bertz CT molecular complexity index is 782. The van der Waals surface area contributed by atoms with E-state index in [2.05, 4.69) is 30.5 Å². The predicted molar refractivity (Wildman–Crippen MR) is 193 cm³/mol. The first-order valence-electron chi connectivity index (χ1n) is 19.5. The number of carbonyl (C=O) groups is 2. The van der Waals surface area contributed by atoms with Crippen molar-refractivity contribution in [1.82, 2.24) is 0 Å². The molecule has 0 aliphatic rings. The smallest absolute Gasteiger partial charge is 0.462 e. The molecule has 9 heteroatoms. The molecule has 0 aromatic heterocycles. The lowest BCUT2D eigenvalue weighted by Crippen LogP contribution is -2.29. The molecule has 0 bridgehead atoms. The van der Waals surface area contributed by atoms with Crippen molar-refractivity contribution >= 4 is 19.8 Å². The SMILES string of the molecule is CCCCCCCCC/C=C\CCCCCCCCCC(=O)OC(COC(=O)CCCCCCCCCCCCC)COP(=O)(O)O. The molecular formula is C38H73O8P. The molecule has 0 saturated carbocycles. The molecule has 0 fully saturated rings. The summed E-state index contributed by atoms with van der Waals surface area (Å²) in [5, 5.41) is 0. The van der Waals surface area contributed by atoms with E-state index in [9.17, 15) is 14.2 Å². The van der Waals surface area contributed by atoms with Crippen molar-refractivity contribution < 1.29 is 37.9 Å². The Labute approximate surface area is 288 Å². The molecule has 8 nitrogen and oxygen atoms in total. The standard InChI is InChI=1S/C38H73O8P/c1-3-5-7-9-11-13-15-16-17-18-19-20-21-23-25-27-29-31-33-38(40)46-36(35-45-47(41,42)43)34-44-37(39)32-30-28-26-24-22-14-12-10-8-6-4-2/h17-18,36H,3-16,19-35H2,1-2H3,(H2,41,42,43)/b18-17-. The Morgan fingerprint density at radius 2 is 0.894 bits per heavy atom. The highest BCUT2D eigenvalue weighted by molar-refractivity contribution is 7.46. The van der Waals surface area contributed by atoms with Crippen molar-refractivity contribution in [3.8, 4) is 0 Å². The van der Waals surface area contributed by atoms with Gasteiger partial charge in [0.15, 0.2) is 6.10 Å². The van der Waals surface area contributed by atoms with Gasteiger partial charge in [0.05, 0.1) is 6.61 Å². The van der Waals surface area contributed by atoms with Crippen LogP contribution in [-0.4, -0.2) is 41.0 Å². The van der Waals surface area contributed by atoms with E-state index < -0.39 is 32.5 Å². The van der Waals surface area contributed by atoms with Gasteiger partial charge in [-0.05, 0) is 38.5 Å². The van der Waals surface area contributed by atoms with Gasteiger partial charge in [-0.1, -0.05) is 161 Å². The fourth-order valence-corrected chi connectivity index (χ4v) is 5.96. The maximum atomic E-state index is 12.4. The van der Waals surface area contributed by atoms with Crippen LogP contribution >= 0.6 is 7.82 Å². The molecule has 1 atom stereocenters. The Morgan fingerprint density at radius 1 is 0.532 bits per heavy atom. The molecule has 0 radical (unpaired) electrons. The molecule has 47 heavy (non-hydrogen) atoms. The zero-order chi connectivity index (χ0) is 34.7. The second-order valence-electron chi connectivity index (χ2n) is 13.3. The van der Waals surface area contributed by atoms with Gasteiger partial charge in [0, 0.05) is 12.8 Å². The number of phosphoric acid groups is 1. The average Bonchev–Trinajstić information content (AvgIpc) is 3.03. The number of unbranched alkanes of at least 4 members (excludes halogenated alkanes) is 24. The van der Waals surface area contributed by atoms with Gasteiger partial charge in [0.2, 0.25) is 0 Å². The number of allylic oxidation sites excluding steroid dienone is 2. The second-order valence-corrected chi connectivity index (χ2v) is 14.5. The lowest BCUT2D eigenvalue weighted by molar-refractivity contribution is -0.161. The van der Waals surface area contributed by atoms with Crippen molar-refractivity contribution in [1.29, 1.82) is 0 Å². The highest BCUT2D eigenvalue weighted by Crippen LogP contribution is 2.36. The number of rotatable bonds is 36. The van der Waals surface area contributed by atoms with Crippen LogP contribution in [0.15, 0.2) is 12.2 Å². The van der Waals surface area contributed by atoms with Crippen LogP contribution in [0.1, 0.15) is 200 Å². The molecule has 0 amide bonds. The third kappa shape index (κ3) is 37.5. The van der Waals surface area contributed by atoms with Crippen LogP contribution < -0.4 is 0 Å². The zero-order valence-corrected chi connectivity index (χ0v) is 31.3. The molecule has 0 aliphatic carbocycles. The van der Waals surface area contributed by atoms with Gasteiger partial charge >= 0.3 is 19.8 Å². The molecule has 0 aromatic rings. The molecule has 2 N–H and O–H groups in total. The van der Waals surface area contributed by atoms with Crippen LogP contribution in [0.2, 0.25) is 0 Å². The van der Waals surface area contributed by atoms with Gasteiger partial charge in [-0.3, -0.25) is 14.1 Å². The van der Waals surface area contributed by atoms with Crippen molar-refractivity contribution in [2.75, 3.05) is 13.2 Å². The summed E-state index contributed by atoms with van der Waals surface area (Å²) < 4.78 is 26.3. The summed E-state index contributed by atoms with van der Waals surface area (Å²) in [5.74, 6) is -0.883. The Morgan fingerprint density at radius 3 is 1.30 bits per heavy atom. The molecule has 0 heterocycles. The van der Waals surface area contributed by atoms with Crippen molar-refractivity contribution in [2.24, 2.45) is 0 Å². The molecule has 278 valence electrons. The fraction of sp³-hybridized carbons (Fsp3) is 0.895. The zero-order valence-electron chi connectivity index (χ0n) is 30.4. The molecule has 0 aliphatic heterocycles. The average molecular weight is 689 g/mol. The molecule has 0 spiro atoms. The summed E-state index contributed by atoms with van der Waals surface area (Å²) in [6.45, 7) is 3.67. The number of carbonyl (C=O) groups excluding carboxylic acids is 2. The molecule has 0 rings (SSSR count). The summed E-state index contributed by atoms with van der Waals surface area (Å²) in [6.07, 6.45) is 36.5. The number of esters is 2. The third-order valence-corrected chi connectivity index (χ3v) is 9.02. The van der Waals surface area contributed by atoms with Crippen molar-refractivity contribution in [2.45, 2.75) is 206 Å². The van der Waals surface area contributed by atoms with Gasteiger partial charge in [0.1, 0.15) is 6.61 Å². The summed E-state index contributed by atoms with van der Waals surface area (Å²) >= 11 is 0. The van der Waals surface area contributed by atoms with E-state index in [0.717, 1.165) is 44.9 Å². The van der Waals surface area contributed by atoms with E-state index in [1.165, 1.54) is 122 Å². The fourth-order valence-electron chi connectivity index (χ4n) is 5.60. The minimum absolute atomic E-state index is 0.211. The second kappa shape index (κ2) is 34.6. The van der Waals surface area contributed by atoms with E-state index in [1.807, 2.05) is 0 Å². The van der Waals surface area contributed by atoms with E-state index >= 15 is 0 Å². The molecular weight excluding hydrogens is 615 g/mol. The van der Waals surface area contributed by atoms with Crippen molar-refractivity contribution in [3.63, 3.8) is 0 Å². The topological polar surface area (TPSA) is 119 Å². The van der Waals surface area contributed by atoms with Crippen LogP contribution in [-0.2, 0) is 28.2 Å². The van der Waals surface area contributed by atoms with Gasteiger partial charge in [0.25, 0.3) is 0 Å². The molecule has 1 unspecified atom stereocenters. The highest BCUT2D eigenvalue weighted by atomic mass is 31.2. The first-order valence-corrected chi connectivity index (χ1v) is 21.0. The lowest BCUT2D eigenvalue weighted by Gasteiger charge is -2.18. The predicted octanol–water partition coefficient (Wildman–Crippen LogP) is 11.5. The monoisotopic (exact) mass is 689 g/mol. The molecule has 0 aromatic carbocycles. The lowest BCUT2D eigenvalue weighted by atomic mass is 10.1. The largest absolute Gasteiger partial charge is 0.469 e. The summed E-state index contributed by atoms with van der Waals surface area (Å²) in [6, 6.07) is 0. The normalized spacial score (nSPS) is 12.5. The minimum atomic E-state index is -4.74. The first-order chi connectivity index (χ1) is 22.8. The quantitative estimate of drug-likeness (QED) is 0.0289. The summed E-state index contributed by atoms with van der Waals surface area (Å²) in [7, 11) is -4.74. The Kier molecular flexibility index (Phi) is 33.8. The maximum Gasteiger partial charge on any atom is 0.469 e. The van der Waals surface area contributed by atoms with Crippen molar-refractivity contribution in [3.05, 3.63) is 12.2 Å². The van der Waals surface area contributed by atoms with Gasteiger partial charge in [-0.2, -0.15) is 0 Å². The van der Waals surface area contributed by atoms with E-state index in [4.69, 9.17) is 19.3 Å². The van der Waals surface area contributed by atoms with E-state index in [-0.39, 0.29) is 19.4 Å². The van der Waals surface area contributed by atoms with Gasteiger partial charge in [-0.15, -0.1) is 0 Å². The van der Waals surface area contributed by atoms with E-state index in [0.29, 0.717) is 6.42 Å². The van der Waals surface area contributed by atoms with Crippen LogP contribution in [0, 0.1) is 0 Å². The highest BCUT2D eigenvalue weighted by Gasteiger charge is 2.22. The van der Waals surface area contributed by atoms with Crippen LogP contribution in [0.25, 0.3) is 0 Å². The molecule has 0 saturated heterocycles. The van der Waals surface area contributed by atoms with Crippen LogP contribution in [0.3, 0.4) is 0 Å². The first kappa shape index (κ1) is 45.8. The number of hydrogen-bond donors (Lipinski definition) is 2. The number of phosphoric ester groups is 1. The number of hydrogen-bond acceptors (Lipinski definition) is 6. The summed E-state index contributed by atoms with van der Waals surface area (Å²) in [5.41, 5.74) is 0. The summed E-state index contributed by atoms with van der Waals surface area (Å²) in [4.78, 5) is 42.7. The van der Waals surface area contributed by atoms with Gasteiger partial charge < -0.3 is 19.3 Å². The maximum absolute atomic E-state index is 12.4. The Hall–Kier alpha value is -1.21. The van der Waals surface area contributed by atoms with E-state index in [1.54, 1.807) is 0 Å².